The zero-order valence-electron chi connectivity index (χ0n) is 8.77. The van der Waals surface area contributed by atoms with E-state index in [-0.39, 0.29) is 5.91 Å². The lowest BCUT2D eigenvalue weighted by atomic mass is 10.2. The van der Waals surface area contributed by atoms with E-state index in [1.165, 1.54) is 6.20 Å². The lowest BCUT2D eigenvalue weighted by Gasteiger charge is -2.04. The maximum atomic E-state index is 10.8. The summed E-state index contributed by atoms with van der Waals surface area (Å²) in [5.41, 5.74) is 10.4. The summed E-state index contributed by atoms with van der Waals surface area (Å²) in [6.07, 6.45) is 2.39. The summed E-state index contributed by atoms with van der Waals surface area (Å²) in [4.78, 5) is 25.2. The van der Waals surface area contributed by atoms with Crippen LogP contribution in [0.2, 0.25) is 0 Å². The number of aromatic nitrogens is 1. The minimum atomic E-state index is -0.507. The van der Waals surface area contributed by atoms with E-state index in [9.17, 15) is 9.59 Å². The van der Waals surface area contributed by atoms with Gasteiger partial charge < -0.3 is 16.8 Å². The number of nitrogens with two attached hydrogens (primary N) is 2. The van der Waals surface area contributed by atoms with Crippen molar-refractivity contribution in [2.45, 2.75) is 12.8 Å². The van der Waals surface area contributed by atoms with Gasteiger partial charge in [-0.15, -0.1) is 0 Å². The molecule has 2 amide bonds. The van der Waals surface area contributed by atoms with Crippen LogP contribution in [0.1, 0.15) is 23.2 Å². The van der Waals surface area contributed by atoms with Gasteiger partial charge in [0, 0.05) is 19.2 Å². The van der Waals surface area contributed by atoms with Crippen molar-refractivity contribution in [1.82, 2.24) is 4.98 Å². The van der Waals surface area contributed by atoms with Gasteiger partial charge in [-0.1, -0.05) is 0 Å². The van der Waals surface area contributed by atoms with Crippen LogP contribution in [0.15, 0.2) is 18.3 Å². The zero-order chi connectivity index (χ0) is 12.0. The number of hydrogen-bond donors (Lipinski definition) is 3. The van der Waals surface area contributed by atoms with Crippen LogP contribution in [-0.2, 0) is 4.79 Å². The molecule has 0 aliphatic heterocycles. The van der Waals surface area contributed by atoms with Crippen molar-refractivity contribution in [3.63, 3.8) is 0 Å². The summed E-state index contributed by atoms with van der Waals surface area (Å²) in [6, 6.07) is 3.25. The molecule has 0 spiro atoms. The molecule has 0 saturated heterocycles. The van der Waals surface area contributed by atoms with Crippen molar-refractivity contribution in [3.05, 3.63) is 23.9 Å². The number of carbonyl (C=O) groups is 2. The molecule has 0 atom stereocenters. The van der Waals surface area contributed by atoms with E-state index in [1.807, 2.05) is 0 Å². The van der Waals surface area contributed by atoms with E-state index in [0.717, 1.165) is 0 Å². The molecule has 6 heteroatoms. The number of pyridine rings is 1. The standard InChI is InChI=1S/C10H14N4O2/c11-8(15)2-1-5-13-9-4-3-7(6-14-9)10(12)16/h3-4,6H,1-2,5H2,(H2,11,15)(H2,12,16)(H,13,14). The first-order valence-corrected chi connectivity index (χ1v) is 4.87. The summed E-state index contributed by atoms with van der Waals surface area (Å²) >= 11 is 0. The highest BCUT2D eigenvalue weighted by atomic mass is 16.1. The Morgan fingerprint density at radius 3 is 2.56 bits per heavy atom. The third kappa shape index (κ3) is 3.95. The van der Waals surface area contributed by atoms with Crippen LogP contribution in [0.25, 0.3) is 0 Å². The number of primary amides is 2. The third-order valence-electron chi connectivity index (χ3n) is 1.95. The molecule has 1 rings (SSSR count). The Labute approximate surface area is 93.0 Å². The molecule has 1 heterocycles. The molecule has 0 bridgehead atoms. The number of rotatable bonds is 6. The van der Waals surface area contributed by atoms with Gasteiger partial charge in [-0.2, -0.15) is 0 Å². The lowest BCUT2D eigenvalue weighted by molar-refractivity contribution is -0.118. The van der Waals surface area contributed by atoms with Crippen molar-refractivity contribution < 1.29 is 9.59 Å². The van der Waals surface area contributed by atoms with E-state index < -0.39 is 5.91 Å². The van der Waals surface area contributed by atoms with Gasteiger partial charge >= 0.3 is 0 Å². The Kier molecular flexibility index (Phi) is 4.26. The number of amides is 2. The molecule has 1 aromatic heterocycles. The van der Waals surface area contributed by atoms with Gasteiger partial charge in [-0.25, -0.2) is 4.98 Å². The fourth-order valence-electron chi connectivity index (χ4n) is 1.12. The van der Waals surface area contributed by atoms with Gasteiger partial charge in [-0.05, 0) is 18.6 Å². The first-order valence-electron chi connectivity index (χ1n) is 4.87. The van der Waals surface area contributed by atoms with Crippen LogP contribution in [0.3, 0.4) is 0 Å². The molecule has 16 heavy (non-hydrogen) atoms. The number of nitrogens with zero attached hydrogens (tertiary/aromatic N) is 1. The first kappa shape index (κ1) is 12.0. The summed E-state index contributed by atoms with van der Waals surface area (Å²) in [7, 11) is 0. The fraction of sp³-hybridized carbons (Fsp3) is 0.300. The van der Waals surface area contributed by atoms with Gasteiger partial charge in [0.05, 0.1) is 5.56 Å². The van der Waals surface area contributed by atoms with E-state index in [0.29, 0.717) is 30.8 Å². The Morgan fingerprint density at radius 2 is 2.06 bits per heavy atom. The Morgan fingerprint density at radius 1 is 1.31 bits per heavy atom. The largest absolute Gasteiger partial charge is 0.370 e. The SMILES string of the molecule is NC(=O)CCCNc1ccc(C(N)=O)cn1. The molecule has 0 fully saturated rings. The van der Waals surface area contributed by atoms with Gasteiger partial charge in [0.1, 0.15) is 5.82 Å². The summed E-state index contributed by atoms with van der Waals surface area (Å²) < 4.78 is 0. The molecular weight excluding hydrogens is 208 g/mol. The van der Waals surface area contributed by atoms with Crippen LogP contribution >= 0.6 is 0 Å². The number of anilines is 1. The van der Waals surface area contributed by atoms with E-state index in [1.54, 1.807) is 12.1 Å². The minimum absolute atomic E-state index is 0.321. The second-order valence-electron chi connectivity index (χ2n) is 3.29. The second-order valence-corrected chi connectivity index (χ2v) is 3.29. The van der Waals surface area contributed by atoms with Gasteiger partial charge in [0.2, 0.25) is 11.8 Å². The lowest BCUT2D eigenvalue weighted by Crippen LogP contribution is -2.13. The number of carbonyl (C=O) groups excluding carboxylic acids is 2. The summed E-state index contributed by atoms with van der Waals surface area (Å²) in [5, 5.41) is 3.00. The van der Waals surface area contributed by atoms with E-state index in [4.69, 9.17) is 11.5 Å². The molecule has 0 aromatic carbocycles. The minimum Gasteiger partial charge on any atom is -0.370 e. The third-order valence-corrected chi connectivity index (χ3v) is 1.95. The molecule has 6 nitrogen and oxygen atoms in total. The predicted octanol–water partition coefficient (Wildman–Crippen LogP) is -0.142. The highest BCUT2D eigenvalue weighted by Gasteiger charge is 2.00. The topological polar surface area (TPSA) is 111 Å². The van der Waals surface area contributed by atoms with Crippen molar-refractivity contribution in [3.8, 4) is 0 Å². The van der Waals surface area contributed by atoms with Gasteiger partial charge in [0.15, 0.2) is 0 Å². The van der Waals surface area contributed by atoms with Crippen molar-refractivity contribution in [2.24, 2.45) is 11.5 Å². The quantitative estimate of drug-likeness (QED) is 0.581. The van der Waals surface area contributed by atoms with Crippen LogP contribution < -0.4 is 16.8 Å². The number of nitrogens with one attached hydrogen (secondary N) is 1. The highest BCUT2D eigenvalue weighted by molar-refractivity contribution is 5.92. The molecule has 86 valence electrons. The van der Waals surface area contributed by atoms with Gasteiger partial charge in [-0.3, -0.25) is 9.59 Å². The van der Waals surface area contributed by atoms with Crippen LogP contribution in [-0.4, -0.2) is 23.3 Å². The molecule has 0 unspecified atom stereocenters. The predicted molar refractivity (Wildman–Crippen MR) is 59.7 cm³/mol. The zero-order valence-corrected chi connectivity index (χ0v) is 8.77. The van der Waals surface area contributed by atoms with Crippen molar-refractivity contribution >= 4 is 17.6 Å². The summed E-state index contributed by atoms with van der Waals surface area (Å²) in [6.45, 7) is 0.603. The molecule has 5 N–H and O–H groups in total. The van der Waals surface area contributed by atoms with Gasteiger partial charge in [0.25, 0.3) is 0 Å². The Hall–Kier alpha value is -2.11. The molecule has 0 aliphatic rings. The van der Waals surface area contributed by atoms with E-state index in [2.05, 4.69) is 10.3 Å². The average molecular weight is 222 g/mol. The molecule has 0 aliphatic carbocycles. The molecule has 0 radical (unpaired) electrons. The van der Waals surface area contributed by atoms with Crippen molar-refractivity contribution in [2.75, 3.05) is 11.9 Å². The molecular formula is C10H14N4O2. The van der Waals surface area contributed by atoms with Crippen molar-refractivity contribution in [1.29, 1.82) is 0 Å². The second kappa shape index (κ2) is 5.69. The normalized spacial score (nSPS) is 9.75. The smallest absolute Gasteiger partial charge is 0.250 e. The molecule has 0 saturated carbocycles. The summed E-state index contributed by atoms with van der Waals surface area (Å²) in [5.74, 6) is -0.193. The van der Waals surface area contributed by atoms with Crippen LogP contribution in [0.5, 0.6) is 0 Å². The first-order chi connectivity index (χ1) is 7.59. The fourth-order valence-corrected chi connectivity index (χ4v) is 1.12. The number of hydrogen-bond acceptors (Lipinski definition) is 4. The average Bonchev–Trinajstić information content (AvgIpc) is 2.25. The maximum Gasteiger partial charge on any atom is 0.250 e. The van der Waals surface area contributed by atoms with Crippen LogP contribution in [0, 0.1) is 0 Å². The highest BCUT2D eigenvalue weighted by Crippen LogP contribution is 2.04. The van der Waals surface area contributed by atoms with Crippen LogP contribution in [0.4, 0.5) is 5.82 Å². The Bertz CT molecular complexity index is 375. The molecule has 1 aromatic rings. The van der Waals surface area contributed by atoms with E-state index >= 15 is 0 Å². The monoisotopic (exact) mass is 222 g/mol. The Balaban J connectivity index is 2.38. The maximum absolute atomic E-state index is 10.8.